The summed E-state index contributed by atoms with van der Waals surface area (Å²) >= 11 is 0. The number of rotatable bonds is 10. The van der Waals surface area contributed by atoms with Gasteiger partial charge in [0.1, 0.15) is 17.5 Å². The first-order valence-corrected chi connectivity index (χ1v) is 11.0. The zero-order chi connectivity index (χ0) is 23.7. The van der Waals surface area contributed by atoms with Crippen molar-refractivity contribution in [2.24, 2.45) is 0 Å². The third-order valence-corrected chi connectivity index (χ3v) is 4.96. The summed E-state index contributed by atoms with van der Waals surface area (Å²) in [5.74, 6) is 1.27. The Hall–Kier alpha value is -3.02. The highest BCUT2D eigenvalue weighted by molar-refractivity contribution is 5.87. The van der Waals surface area contributed by atoms with E-state index in [1.165, 1.54) is 0 Å². The molecule has 0 saturated carbocycles. The molecule has 2 aromatic carbocycles. The molecule has 0 heterocycles. The highest BCUT2D eigenvalue weighted by Gasteiger charge is 2.28. The maximum absolute atomic E-state index is 13.1. The number of methoxy groups -OCH3 is 1. The molecule has 0 aliphatic carbocycles. The minimum Gasteiger partial charge on any atom is -0.497 e. The molecule has 0 fully saturated rings. The minimum atomic E-state index is -0.579. The lowest BCUT2D eigenvalue weighted by Gasteiger charge is -2.31. The van der Waals surface area contributed by atoms with Crippen molar-refractivity contribution in [1.29, 1.82) is 0 Å². The zero-order valence-corrected chi connectivity index (χ0v) is 20.1. The molecule has 1 atom stereocenters. The van der Waals surface area contributed by atoms with Gasteiger partial charge in [0.25, 0.3) is 0 Å². The molecule has 0 aromatic heterocycles. The lowest BCUT2D eigenvalue weighted by molar-refractivity contribution is -0.141. The molecule has 2 aromatic rings. The maximum atomic E-state index is 13.1. The van der Waals surface area contributed by atoms with E-state index in [-0.39, 0.29) is 17.4 Å². The molecular weight excluding hydrogens is 404 g/mol. The van der Waals surface area contributed by atoms with Crippen molar-refractivity contribution >= 4 is 11.8 Å². The third-order valence-electron chi connectivity index (χ3n) is 4.96. The fourth-order valence-electron chi connectivity index (χ4n) is 3.29. The molecule has 6 heteroatoms. The number of carbonyl (C=O) groups is 2. The average Bonchev–Trinajstić information content (AvgIpc) is 2.73. The number of hydrogen-bond acceptors (Lipinski definition) is 4. The van der Waals surface area contributed by atoms with Crippen LogP contribution in [-0.4, -0.2) is 42.0 Å². The number of ether oxygens (including phenoxy) is 2. The lowest BCUT2D eigenvalue weighted by atomic mass is 10.1. The summed E-state index contributed by atoms with van der Waals surface area (Å²) in [5, 5.41) is 2.98. The molecule has 32 heavy (non-hydrogen) atoms. The first kappa shape index (κ1) is 25.2. The van der Waals surface area contributed by atoms with Crippen molar-refractivity contribution in [3.63, 3.8) is 0 Å². The normalized spacial score (nSPS) is 12.1. The van der Waals surface area contributed by atoms with Gasteiger partial charge in [-0.3, -0.25) is 9.59 Å². The molecule has 6 nitrogen and oxygen atoms in total. The molecule has 0 unspecified atom stereocenters. The smallest absolute Gasteiger partial charge is 0.242 e. The summed E-state index contributed by atoms with van der Waals surface area (Å²) in [4.78, 5) is 27.6. The number of amides is 2. The van der Waals surface area contributed by atoms with E-state index < -0.39 is 6.04 Å². The van der Waals surface area contributed by atoms with E-state index in [9.17, 15) is 9.59 Å². The Morgan fingerprint density at radius 3 is 2.31 bits per heavy atom. The molecule has 0 radical (unpaired) electrons. The van der Waals surface area contributed by atoms with Crippen LogP contribution in [0, 0.1) is 6.92 Å². The summed E-state index contributed by atoms with van der Waals surface area (Å²) in [7, 11) is 1.62. The second-order valence-corrected chi connectivity index (χ2v) is 9.05. The highest BCUT2D eigenvalue weighted by Crippen LogP contribution is 2.18. The minimum absolute atomic E-state index is 0.0682. The number of hydrogen-bond donors (Lipinski definition) is 1. The molecule has 0 bridgehead atoms. The summed E-state index contributed by atoms with van der Waals surface area (Å²) in [6, 6.07) is 14.8. The Morgan fingerprint density at radius 2 is 1.72 bits per heavy atom. The predicted octanol–water partition coefficient (Wildman–Crippen LogP) is 4.49. The average molecular weight is 441 g/mol. The van der Waals surface area contributed by atoms with E-state index in [0.29, 0.717) is 26.0 Å². The van der Waals surface area contributed by atoms with Crippen LogP contribution in [-0.2, 0) is 16.1 Å². The molecule has 1 N–H and O–H groups in total. The van der Waals surface area contributed by atoms with Crippen LogP contribution < -0.4 is 14.8 Å². The van der Waals surface area contributed by atoms with Crippen LogP contribution in [0.2, 0.25) is 0 Å². The summed E-state index contributed by atoms with van der Waals surface area (Å²) in [6.07, 6.45) is 0.859. The molecule has 0 spiro atoms. The standard InChI is InChI=1S/C26H36N2O4/c1-19-9-7-10-21(17-19)18-28(20(2)25(30)27-26(3,4)5)24(29)11-8-16-32-23-14-12-22(31-6)13-15-23/h7,9-10,12-15,17,20H,8,11,16,18H2,1-6H3,(H,27,30)/t20-/m1/s1. The van der Waals surface area contributed by atoms with Gasteiger partial charge in [0.15, 0.2) is 0 Å². The molecule has 2 amide bonds. The van der Waals surface area contributed by atoms with E-state index in [1.54, 1.807) is 18.9 Å². The Morgan fingerprint density at radius 1 is 1.06 bits per heavy atom. The Bertz CT molecular complexity index is 887. The molecule has 2 rings (SSSR count). The third kappa shape index (κ3) is 8.25. The fraction of sp³-hybridized carbons (Fsp3) is 0.462. The van der Waals surface area contributed by atoms with Gasteiger partial charge in [-0.25, -0.2) is 0 Å². The van der Waals surface area contributed by atoms with Gasteiger partial charge < -0.3 is 19.7 Å². The van der Waals surface area contributed by atoms with Gasteiger partial charge in [0, 0.05) is 18.5 Å². The van der Waals surface area contributed by atoms with E-state index in [1.807, 2.05) is 76.2 Å². The number of carbonyl (C=O) groups excluding carboxylic acids is 2. The van der Waals surface area contributed by atoms with Crippen molar-refractivity contribution in [3.8, 4) is 11.5 Å². The number of nitrogens with one attached hydrogen (secondary N) is 1. The van der Waals surface area contributed by atoms with E-state index in [2.05, 4.69) is 5.32 Å². The Kier molecular flexibility index (Phi) is 9.12. The first-order valence-electron chi connectivity index (χ1n) is 11.0. The van der Waals surface area contributed by atoms with Gasteiger partial charge in [0.05, 0.1) is 13.7 Å². The van der Waals surface area contributed by atoms with Gasteiger partial charge in [-0.15, -0.1) is 0 Å². The maximum Gasteiger partial charge on any atom is 0.242 e. The molecular formula is C26H36N2O4. The van der Waals surface area contributed by atoms with Crippen molar-refractivity contribution in [2.45, 2.75) is 65.6 Å². The van der Waals surface area contributed by atoms with E-state index in [4.69, 9.17) is 9.47 Å². The second-order valence-electron chi connectivity index (χ2n) is 9.05. The quantitative estimate of drug-likeness (QED) is 0.553. The van der Waals surface area contributed by atoms with E-state index in [0.717, 1.165) is 22.6 Å². The molecule has 0 aliphatic heterocycles. The fourth-order valence-corrected chi connectivity index (χ4v) is 3.29. The van der Waals surface area contributed by atoms with Gasteiger partial charge in [-0.2, -0.15) is 0 Å². The topological polar surface area (TPSA) is 67.9 Å². The van der Waals surface area contributed by atoms with Crippen molar-refractivity contribution in [1.82, 2.24) is 10.2 Å². The summed E-state index contributed by atoms with van der Waals surface area (Å²) in [5.41, 5.74) is 1.76. The molecule has 174 valence electrons. The second kappa shape index (κ2) is 11.6. The van der Waals surface area contributed by atoms with Gasteiger partial charge in [-0.05, 0) is 70.9 Å². The predicted molar refractivity (Wildman–Crippen MR) is 127 cm³/mol. The van der Waals surface area contributed by atoms with Crippen LogP contribution in [0.4, 0.5) is 0 Å². The number of aryl methyl sites for hydroxylation is 1. The van der Waals surface area contributed by atoms with Crippen LogP contribution in [0.25, 0.3) is 0 Å². The van der Waals surface area contributed by atoms with Gasteiger partial charge >= 0.3 is 0 Å². The first-order chi connectivity index (χ1) is 15.1. The van der Waals surface area contributed by atoms with Crippen molar-refractivity contribution in [3.05, 3.63) is 59.7 Å². The van der Waals surface area contributed by atoms with Crippen molar-refractivity contribution in [2.75, 3.05) is 13.7 Å². The van der Waals surface area contributed by atoms with Crippen LogP contribution in [0.15, 0.2) is 48.5 Å². The largest absolute Gasteiger partial charge is 0.497 e. The number of benzene rings is 2. The monoisotopic (exact) mass is 440 g/mol. The summed E-state index contributed by atoms with van der Waals surface area (Å²) < 4.78 is 10.9. The Labute approximate surface area is 191 Å². The summed E-state index contributed by atoms with van der Waals surface area (Å²) in [6.45, 7) is 10.4. The Balaban J connectivity index is 2.01. The number of nitrogens with zero attached hydrogens (tertiary/aromatic N) is 1. The van der Waals surface area contributed by atoms with Crippen LogP contribution in [0.1, 0.15) is 51.7 Å². The van der Waals surface area contributed by atoms with E-state index >= 15 is 0 Å². The van der Waals surface area contributed by atoms with Crippen LogP contribution in [0.3, 0.4) is 0 Å². The van der Waals surface area contributed by atoms with Crippen molar-refractivity contribution < 1.29 is 19.1 Å². The highest BCUT2D eigenvalue weighted by atomic mass is 16.5. The lowest BCUT2D eigenvalue weighted by Crippen LogP contribution is -2.52. The SMILES string of the molecule is COc1ccc(OCCCC(=O)N(Cc2cccc(C)c2)[C@H](C)C(=O)NC(C)(C)C)cc1. The van der Waals surface area contributed by atoms with Crippen LogP contribution >= 0.6 is 0 Å². The van der Waals surface area contributed by atoms with Gasteiger partial charge in [-0.1, -0.05) is 29.8 Å². The molecule has 0 aliphatic rings. The zero-order valence-electron chi connectivity index (χ0n) is 20.1. The van der Waals surface area contributed by atoms with Crippen LogP contribution in [0.5, 0.6) is 11.5 Å². The molecule has 0 saturated heterocycles. The van der Waals surface area contributed by atoms with Gasteiger partial charge in [0.2, 0.25) is 11.8 Å².